The highest BCUT2D eigenvalue weighted by molar-refractivity contribution is 5.85. The molecule has 29 heavy (non-hydrogen) atoms. The van der Waals surface area contributed by atoms with Gasteiger partial charge >= 0.3 is 0 Å². The van der Waals surface area contributed by atoms with E-state index in [9.17, 15) is 4.79 Å². The SMILES string of the molecule is Cl.Cl.N#C[C@@H]1CCCN1C(=O)CN[C@H]1CC[C@H](ON=CCc2cccnc2)CC1. The van der Waals surface area contributed by atoms with Crippen LogP contribution in [-0.2, 0) is 16.1 Å². The molecule has 1 amide bonds. The van der Waals surface area contributed by atoms with E-state index in [0.29, 0.717) is 25.6 Å². The van der Waals surface area contributed by atoms with Gasteiger partial charge in [0.2, 0.25) is 5.91 Å². The van der Waals surface area contributed by atoms with Gasteiger partial charge < -0.3 is 15.1 Å². The summed E-state index contributed by atoms with van der Waals surface area (Å²) in [5.41, 5.74) is 1.11. The number of amides is 1. The van der Waals surface area contributed by atoms with E-state index in [-0.39, 0.29) is 42.9 Å². The Kier molecular flexibility index (Phi) is 11.6. The van der Waals surface area contributed by atoms with Gasteiger partial charge in [-0.25, -0.2) is 0 Å². The molecule has 0 unspecified atom stereocenters. The predicted molar refractivity (Wildman–Crippen MR) is 116 cm³/mol. The summed E-state index contributed by atoms with van der Waals surface area (Å²) >= 11 is 0. The first-order valence-corrected chi connectivity index (χ1v) is 9.75. The lowest BCUT2D eigenvalue weighted by molar-refractivity contribution is -0.130. The van der Waals surface area contributed by atoms with Gasteiger partial charge in [0.1, 0.15) is 12.1 Å². The smallest absolute Gasteiger partial charge is 0.237 e. The normalized spacial score (nSPS) is 23.7. The third-order valence-electron chi connectivity index (χ3n) is 5.27. The maximum absolute atomic E-state index is 12.3. The fourth-order valence-electron chi connectivity index (χ4n) is 3.70. The molecule has 1 aliphatic heterocycles. The summed E-state index contributed by atoms with van der Waals surface area (Å²) < 4.78 is 0. The summed E-state index contributed by atoms with van der Waals surface area (Å²) in [5, 5.41) is 16.5. The minimum atomic E-state index is -0.243. The summed E-state index contributed by atoms with van der Waals surface area (Å²) in [4.78, 5) is 23.7. The third-order valence-corrected chi connectivity index (χ3v) is 5.27. The number of hydrogen-bond donors (Lipinski definition) is 1. The number of oxime groups is 1. The van der Waals surface area contributed by atoms with Crippen LogP contribution >= 0.6 is 24.8 Å². The number of rotatable bonds is 7. The Balaban J connectivity index is 0.00000210. The van der Waals surface area contributed by atoms with Crippen LogP contribution in [0.1, 0.15) is 44.1 Å². The molecule has 3 rings (SSSR count). The van der Waals surface area contributed by atoms with Crippen molar-refractivity contribution in [3.05, 3.63) is 30.1 Å². The highest BCUT2D eigenvalue weighted by Gasteiger charge is 2.29. The van der Waals surface area contributed by atoms with E-state index in [1.165, 1.54) is 0 Å². The number of nitrogens with zero attached hydrogens (tertiary/aromatic N) is 4. The van der Waals surface area contributed by atoms with Crippen LogP contribution in [-0.4, -0.2) is 53.3 Å². The Labute approximate surface area is 184 Å². The third kappa shape index (κ3) is 7.81. The summed E-state index contributed by atoms with van der Waals surface area (Å²) in [6, 6.07) is 6.23. The monoisotopic (exact) mass is 441 g/mol. The molecule has 0 aromatic carbocycles. The number of carbonyl (C=O) groups is 1. The molecule has 1 aromatic rings. The fraction of sp³-hybridized carbons (Fsp3) is 0.600. The molecule has 2 heterocycles. The van der Waals surface area contributed by atoms with Gasteiger partial charge in [-0.3, -0.25) is 9.78 Å². The van der Waals surface area contributed by atoms with Crippen molar-refractivity contribution in [2.75, 3.05) is 13.1 Å². The van der Waals surface area contributed by atoms with Crippen LogP contribution in [0.5, 0.6) is 0 Å². The molecule has 9 heteroatoms. The Bertz CT molecular complexity index is 675. The molecule has 2 aliphatic rings. The number of carbonyl (C=O) groups excluding carboxylic acids is 1. The van der Waals surface area contributed by atoms with Crippen LogP contribution in [0.3, 0.4) is 0 Å². The van der Waals surface area contributed by atoms with Gasteiger partial charge in [-0.05, 0) is 50.2 Å². The van der Waals surface area contributed by atoms with Crippen LogP contribution in [0.4, 0.5) is 0 Å². The molecule has 160 valence electrons. The zero-order chi connectivity index (χ0) is 18.9. The second-order valence-corrected chi connectivity index (χ2v) is 7.19. The predicted octanol–water partition coefficient (Wildman–Crippen LogP) is 2.89. The number of nitriles is 1. The lowest BCUT2D eigenvalue weighted by atomic mass is 9.93. The summed E-state index contributed by atoms with van der Waals surface area (Å²) in [7, 11) is 0. The maximum Gasteiger partial charge on any atom is 0.237 e. The first-order valence-electron chi connectivity index (χ1n) is 9.75. The van der Waals surface area contributed by atoms with E-state index in [1.807, 2.05) is 18.3 Å². The van der Waals surface area contributed by atoms with E-state index in [1.54, 1.807) is 17.3 Å². The van der Waals surface area contributed by atoms with Crippen LogP contribution in [0, 0.1) is 11.3 Å². The van der Waals surface area contributed by atoms with Crippen LogP contribution in [0.15, 0.2) is 29.7 Å². The molecule has 0 radical (unpaired) electrons. The lowest BCUT2D eigenvalue weighted by Crippen LogP contribution is -2.44. The molecular formula is C20H29Cl2N5O2. The van der Waals surface area contributed by atoms with Crippen LogP contribution in [0.25, 0.3) is 0 Å². The standard InChI is InChI=1S/C20H27N5O2.2ClH/c21-13-18-4-2-12-25(18)20(26)15-23-17-5-7-19(8-6-17)27-24-11-9-16-3-1-10-22-14-16;;/h1,3,10-11,14,17-19,23H,2,4-9,12,15H2;2*1H/t17-,18-,19-;;/m0../s1. The number of aromatic nitrogens is 1. The molecular weight excluding hydrogens is 413 g/mol. The first-order chi connectivity index (χ1) is 13.3. The van der Waals surface area contributed by atoms with Crippen molar-refractivity contribution in [2.45, 2.75) is 63.1 Å². The highest BCUT2D eigenvalue weighted by atomic mass is 35.5. The number of pyridine rings is 1. The van der Waals surface area contributed by atoms with Crippen LogP contribution < -0.4 is 5.32 Å². The molecule has 1 N–H and O–H groups in total. The summed E-state index contributed by atoms with van der Waals surface area (Å²) in [6.07, 6.45) is 11.7. The minimum Gasteiger partial charge on any atom is -0.393 e. The van der Waals surface area contributed by atoms with Gasteiger partial charge in [-0.1, -0.05) is 11.2 Å². The van der Waals surface area contributed by atoms with Crippen molar-refractivity contribution in [1.82, 2.24) is 15.2 Å². The Hall–Kier alpha value is -1.88. The van der Waals surface area contributed by atoms with E-state index < -0.39 is 0 Å². The van der Waals surface area contributed by atoms with Crippen molar-refractivity contribution in [2.24, 2.45) is 5.16 Å². The Morgan fingerprint density at radius 3 is 2.83 bits per heavy atom. The molecule has 2 fully saturated rings. The lowest BCUT2D eigenvalue weighted by Gasteiger charge is -2.28. The largest absolute Gasteiger partial charge is 0.393 e. The van der Waals surface area contributed by atoms with Crippen LogP contribution in [0.2, 0.25) is 0 Å². The van der Waals surface area contributed by atoms with Gasteiger partial charge in [-0.15, -0.1) is 24.8 Å². The molecule has 0 spiro atoms. The van der Waals surface area contributed by atoms with Gasteiger partial charge in [0, 0.05) is 37.6 Å². The molecule has 1 saturated carbocycles. The first kappa shape index (κ1) is 25.2. The molecule has 1 aromatic heterocycles. The van der Waals surface area contributed by atoms with Crippen molar-refractivity contribution in [1.29, 1.82) is 5.26 Å². The Morgan fingerprint density at radius 1 is 1.34 bits per heavy atom. The molecule has 1 saturated heterocycles. The number of likely N-dealkylation sites (tertiary alicyclic amines) is 1. The number of hydrogen-bond acceptors (Lipinski definition) is 6. The van der Waals surface area contributed by atoms with Crippen molar-refractivity contribution in [3.63, 3.8) is 0 Å². The summed E-state index contributed by atoms with van der Waals surface area (Å²) in [6.45, 7) is 1.02. The van der Waals surface area contributed by atoms with Crippen molar-refractivity contribution in [3.8, 4) is 6.07 Å². The van der Waals surface area contributed by atoms with E-state index >= 15 is 0 Å². The summed E-state index contributed by atoms with van der Waals surface area (Å²) in [5.74, 6) is 0.0393. The Morgan fingerprint density at radius 2 is 2.14 bits per heavy atom. The van der Waals surface area contributed by atoms with Gasteiger partial charge in [0.05, 0.1) is 12.6 Å². The quantitative estimate of drug-likeness (QED) is 0.518. The van der Waals surface area contributed by atoms with Gasteiger partial charge in [0.25, 0.3) is 0 Å². The van der Waals surface area contributed by atoms with E-state index in [0.717, 1.165) is 44.1 Å². The van der Waals surface area contributed by atoms with E-state index in [4.69, 9.17) is 10.1 Å². The average molecular weight is 442 g/mol. The maximum atomic E-state index is 12.3. The minimum absolute atomic E-state index is 0. The molecule has 7 nitrogen and oxygen atoms in total. The van der Waals surface area contributed by atoms with Gasteiger partial charge in [-0.2, -0.15) is 5.26 Å². The second-order valence-electron chi connectivity index (χ2n) is 7.19. The van der Waals surface area contributed by atoms with Gasteiger partial charge in [0.15, 0.2) is 0 Å². The van der Waals surface area contributed by atoms with Crippen molar-refractivity contribution < 1.29 is 9.63 Å². The number of nitrogens with one attached hydrogen (secondary N) is 1. The van der Waals surface area contributed by atoms with E-state index in [2.05, 4.69) is 21.5 Å². The van der Waals surface area contributed by atoms with Crippen molar-refractivity contribution >= 4 is 36.9 Å². The zero-order valence-corrected chi connectivity index (χ0v) is 18.0. The highest BCUT2D eigenvalue weighted by Crippen LogP contribution is 2.22. The fourth-order valence-corrected chi connectivity index (χ4v) is 3.70. The second kappa shape index (κ2) is 13.4. The molecule has 0 bridgehead atoms. The average Bonchev–Trinajstić information content (AvgIpc) is 3.20. The topological polar surface area (TPSA) is 90.6 Å². The molecule has 1 atom stereocenters. The number of halogens is 2. The molecule has 1 aliphatic carbocycles. The zero-order valence-electron chi connectivity index (χ0n) is 16.4.